The molecule has 4 nitrogen and oxygen atoms in total. The lowest BCUT2D eigenvalue weighted by atomic mass is 10.0. The molecular formula is C21H26N2O2. The Morgan fingerprint density at radius 2 is 1.68 bits per heavy atom. The van der Waals surface area contributed by atoms with Gasteiger partial charge in [0.25, 0.3) is 0 Å². The van der Waals surface area contributed by atoms with Crippen molar-refractivity contribution < 1.29 is 9.59 Å². The third-order valence-electron chi connectivity index (χ3n) is 4.13. The summed E-state index contributed by atoms with van der Waals surface area (Å²) in [6.45, 7) is 8.15. The lowest BCUT2D eigenvalue weighted by Crippen LogP contribution is -2.36. The molecule has 4 heteroatoms. The molecule has 0 aliphatic carbocycles. The summed E-state index contributed by atoms with van der Waals surface area (Å²) in [5.74, 6) is 0.0104. The molecule has 0 aliphatic rings. The number of nitrogens with one attached hydrogen (secondary N) is 1. The van der Waals surface area contributed by atoms with Gasteiger partial charge in [0, 0.05) is 19.2 Å². The first kappa shape index (κ1) is 18.7. The van der Waals surface area contributed by atoms with Crippen molar-refractivity contribution in [2.24, 2.45) is 0 Å². The van der Waals surface area contributed by atoms with Gasteiger partial charge in [0.15, 0.2) is 0 Å². The van der Waals surface area contributed by atoms with Gasteiger partial charge in [-0.3, -0.25) is 9.59 Å². The van der Waals surface area contributed by atoms with Crippen LogP contribution in [-0.4, -0.2) is 23.3 Å². The number of para-hydroxylation sites is 1. The SMILES string of the molecule is CC(=O)N(CC(=O)Nc1ccccc1C(C)C)Cc1ccc(C)cc1. The number of hydrogen-bond donors (Lipinski definition) is 1. The Morgan fingerprint density at radius 3 is 2.28 bits per heavy atom. The molecule has 0 radical (unpaired) electrons. The average Bonchev–Trinajstić information content (AvgIpc) is 2.56. The molecule has 0 aromatic heterocycles. The Labute approximate surface area is 149 Å². The van der Waals surface area contributed by atoms with E-state index in [1.165, 1.54) is 12.5 Å². The van der Waals surface area contributed by atoms with Crippen LogP contribution in [0.15, 0.2) is 48.5 Å². The summed E-state index contributed by atoms with van der Waals surface area (Å²) >= 11 is 0. The lowest BCUT2D eigenvalue weighted by Gasteiger charge is -2.21. The van der Waals surface area contributed by atoms with Crippen LogP contribution in [0.2, 0.25) is 0 Å². The van der Waals surface area contributed by atoms with Gasteiger partial charge in [-0.05, 0) is 30.0 Å². The van der Waals surface area contributed by atoms with E-state index in [1.807, 2.05) is 55.5 Å². The van der Waals surface area contributed by atoms with Gasteiger partial charge < -0.3 is 10.2 Å². The van der Waals surface area contributed by atoms with E-state index >= 15 is 0 Å². The summed E-state index contributed by atoms with van der Waals surface area (Å²) in [4.78, 5) is 25.9. The summed E-state index contributed by atoms with van der Waals surface area (Å²) in [6.07, 6.45) is 0. The van der Waals surface area contributed by atoms with E-state index in [1.54, 1.807) is 4.90 Å². The van der Waals surface area contributed by atoms with Crippen molar-refractivity contribution in [1.29, 1.82) is 0 Å². The van der Waals surface area contributed by atoms with Crippen molar-refractivity contribution in [3.8, 4) is 0 Å². The first-order chi connectivity index (χ1) is 11.9. The predicted molar refractivity (Wildman–Crippen MR) is 101 cm³/mol. The van der Waals surface area contributed by atoms with Gasteiger partial charge in [-0.25, -0.2) is 0 Å². The molecule has 0 heterocycles. The van der Waals surface area contributed by atoms with Gasteiger partial charge >= 0.3 is 0 Å². The van der Waals surface area contributed by atoms with Gasteiger partial charge in [0.1, 0.15) is 6.54 Å². The van der Waals surface area contributed by atoms with E-state index in [2.05, 4.69) is 19.2 Å². The zero-order valence-corrected chi connectivity index (χ0v) is 15.4. The number of rotatable bonds is 6. The standard InChI is InChI=1S/C21H26N2O2/c1-15(2)19-7-5-6-8-20(19)22-21(25)14-23(17(4)24)13-18-11-9-16(3)10-12-18/h5-12,15H,13-14H2,1-4H3,(H,22,25). The summed E-state index contributed by atoms with van der Waals surface area (Å²) in [6, 6.07) is 15.7. The van der Waals surface area contributed by atoms with Gasteiger partial charge in [-0.15, -0.1) is 0 Å². The maximum Gasteiger partial charge on any atom is 0.244 e. The van der Waals surface area contributed by atoms with Crippen LogP contribution in [0.1, 0.15) is 43.4 Å². The van der Waals surface area contributed by atoms with Crippen molar-refractivity contribution in [3.05, 3.63) is 65.2 Å². The monoisotopic (exact) mass is 338 g/mol. The van der Waals surface area contributed by atoms with Crippen molar-refractivity contribution >= 4 is 17.5 Å². The highest BCUT2D eigenvalue weighted by atomic mass is 16.2. The molecule has 0 atom stereocenters. The Balaban J connectivity index is 2.05. The summed E-state index contributed by atoms with van der Waals surface area (Å²) in [5.41, 5.74) is 4.07. The molecule has 2 rings (SSSR count). The molecule has 0 aliphatic heterocycles. The number of amides is 2. The fourth-order valence-corrected chi connectivity index (χ4v) is 2.67. The molecule has 2 aromatic rings. The van der Waals surface area contributed by atoms with Crippen LogP contribution in [0.4, 0.5) is 5.69 Å². The number of aryl methyl sites for hydroxylation is 1. The number of hydrogen-bond acceptors (Lipinski definition) is 2. The van der Waals surface area contributed by atoms with Crippen molar-refractivity contribution in [1.82, 2.24) is 4.90 Å². The Bertz CT molecular complexity index is 736. The number of carbonyl (C=O) groups excluding carboxylic acids is 2. The minimum atomic E-state index is -0.185. The van der Waals surface area contributed by atoms with Gasteiger partial charge in [0.2, 0.25) is 11.8 Å². The summed E-state index contributed by atoms with van der Waals surface area (Å²) < 4.78 is 0. The first-order valence-electron chi connectivity index (χ1n) is 8.56. The van der Waals surface area contributed by atoms with E-state index < -0.39 is 0 Å². The molecule has 0 saturated carbocycles. The minimum absolute atomic E-state index is 0.0373. The molecule has 2 amide bonds. The summed E-state index contributed by atoms with van der Waals surface area (Å²) in [5, 5.41) is 2.94. The molecule has 0 saturated heterocycles. The van der Waals surface area contributed by atoms with E-state index in [0.717, 1.165) is 16.8 Å². The van der Waals surface area contributed by atoms with Crippen LogP contribution in [0.25, 0.3) is 0 Å². The quantitative estimate of drug-likeness (QED) is 0.862. The van der Waals surface area contributed by atoms with Crippen molar-refractivity contribution in [2.45, 2.75) is 40.2 Å². The third-order valence-corrected chi connectivity index (χ3v) is 4.13. The van der Waals surface area contributed by atoms with E-state index in [0.29, 0.717) is 12.5 Å². The highest BCUT2D eigenvalue weighted by molar-refractivity contribution is 5.95. The molecule has 0 spiro atoms. The zero-order valence-electron chi connectivity index (χ0n) is 15.4. The van der Waals surface area contributed by atoms with E-state index in [-0.39, 0.29) is 18.4 Å². The Morgan fingerprint density at radius 1 is 1.04 bits per heavy atom. The van der Waals surface area contributed by atoms with Gasteiger partial charge in [-0.2, -0.15) is 0 Å². The Hall–Kier alpha value is -2.62. The average molecular weight is 338 g/mol. The second-order valence-corrected chi connectivity index (χ2v) is 6.65. The Kier molecular flexibility index (Phi) is 6.34. The van der Waals surface area contributed by atoms with Gasteiger partial charge in [-0.1, -0.05) is 61.9 Å². The largest absolute Gasteiger partial charge is 0.329 e. The van der Waals surface area contributed by atoms with Crippen LogP contribution in [-0.2, 0) is 16.1 Å². The van der Waals surface area contributed by atoms with Crippen LogP contribution in [0, 0.1) is 6.92 Å². The topological polar surface area (TPSA) is 49.4 Å². The van der Waals surface area contributed by atoms with Crippen LogP contribution in [0.5, 0.6) is 0 Å². The van der Waals surface area contributed by atoms with E-state index in [4.69, 9.17) is 0 Å². The minimum Gasteiger partial charge on any atom is -0.329 e. The normalized spacial score (nSPS) is 10.6. The van der Waals surface area contributed by atoms with Crippen LogP contribution >= 0.6 is 0 Å². The van der Waals surface area contributed by atoms with Crippen LogP contribution < -0.4 is 5.32 Å². The molecule has 0 fully saturated rings. The fraction of sp³-hybridized carbons (Fsp3) is 0.333. The number of benzene rings is 2. The number of nitrogens with zero attached hydrogens (tertiary/aromatic N) is 1. The molecule has 2 aromatic carbocycles. The maximum atomic E-state index is 12.4. The zero-order chi connectivity index (χ0) is 18.4. The van der Waals surface area contributed by atoms with Crippen LogP contribution in [0.3, 0.4) is 0 Å². The number of anilines is 1. The third kappa shape index (κ3) is 5.45. The van der Waals surface area contributed by atoms with E-state index in [9.17, 15) is 9.59 Å². The predicted octanol–water partition coefficient (Wildman–Crippen LogP) is 4.11. The second-order valence-electron chi connectivity index (χ2n) is 6.65. The number of carbonyl (C=O) groups is 2. The first-order valence-corrected chi connectivity index (χ1v) is 8.56. The molecule has 0 unspecified atom stereocenters. The van der Waals surface area contributed by atoms with Crippen molar-refractivity contribution in [2.75, 3.05) is 11.9 Å². The maximum absolute atomic E-state index is 12.4. The van der Waals surface area contributed by atoms with Gasteiger partial charge in [0.05, 0.1) is 0 Å². The molecule has 1 N–H and O–H groups in total. The lowest BCUT2D eigenvalue weighted by molar-refractivity contribution is -0.133. The molecular weight excluding hydrogens is 312 g/mol. The van der Waals surface area contributed by atoms with Crippen molar-refractivity contribution in [3.63, 3.8) is 0 Å². The molecule has 25 heavy (non-hydrogen) atoms. The summed E-state index contributed by atoms with van der Waals surface area (Å²) in [7, 11) is 0. The highest BCUT2D eigenvalue weighted by Crippen LogP contribution is 2.23. The fourth-order valence-electron chi connectivity index (χ4n) is 2.67. The highest BCUT2D eigenvalue weighted by Gasteiger charge is 2.16. The molecule has 132 valence electrons. The molecule has 0 bridgehead atoms. The smallest absolute Gasteiger partial charge is 0.244 e. The second kappa shape index (κ2) is 8.47.